The summed E-state index contributed by atoms with van der Waals surface area (Å²) in [6, 6.07) is 8.12. The predicted molar refractivity (Wildman–Crippen MR) is 73.7 cm³/mol. The first-order valence-electron chi connectivity index (χ1n) is 6.61. The molecule has 5 nitrogen and oxygen atoms in total. The summed E-state index contributed by atoms with van der Waals surface area (Å²) in [6.07, 6.45) is 1.000. The summed E-state index contributed by atoms with van der Waals surface area (Å²) in [7, 11) is 0. The molecule has 1 heterocycles. The summed E-state index contributed by atoms with van der Waals surface area (Å²) in [5.74, 6) is 0.867. The number of ether oxygens (including phenoxy) is 1. The molecule has 0 atom stereocenters. The number of hydrogen-bond acceptors (Lipinski definition) is 4. The average Bonchev–Trinajstić information content (AvgIpc) is 2.87. The molecule has 102 valence electrons. The summed E-state index contributed by atoms with van der Waals surface area (Å²) < 4.78 is 7.65. The Labute approximate surface area is 113 Å². The molecule has 0 aliphatic rings. The van der Waals surface area contributed by atoms with Crippen LogP contribution < -0.4 is 10.5 Å². The summed E-state index contributed by atoms with van der Waals surface area (Å²) in [6.45, 7) is 5.74. The Morgan fingerprint density at radius 1 is 1.32 bits per heavy atom. The van der Waals surface area contributed by atoms with Crippen LogP contribution in [0.3, 0.4) is 0 Å². The lowest BCUT2D eigenvalue weighted by atomic mass is 10.2. The Kier molecular flexibility index (Phi) is 4.52. The van der Waals surface area contributed by atoms with E-state index < -0.39 is 0 Å². The van der Waals surface area contributed by atoms with Gasteiger partial charge in [0, 0.05) is 13.1 Å². The van der Waals surface area contributed by atoms with Crippen molar-refractivity contribution in [3.63, 3.8) is 0 Å². The van der Waals surface area contributed by atoms with Crippen molar-refractivity contribution in [2.75, 3.05) is 0 Å². The SMILES string of the molecule is CCc1cccc(OCc2c(CN)nnn2CC)c1. The first-order chi connectivity index (χ1) is 9.28. The van der Waals surface area contributed by atoms with Gasteiger partial charge in [-0.1, -0.05) is 24.3 Å². The molecular weight excluding hydrogens is 240 g/mol. The molecule has 0 amide bonds. The normalized spacial score (nSPS) is 10.7. The van der Waals surface area contributed by atoms with E-state index in [0.29, 0.717) is 13.2 Å². The van der Waals surface area contributed by atoms with Gasteiger partial charge in [0.15, 0.2) is 0 Å². The van der Waals surface area contributed by atoms with Crippen molar-refractivity contribution in [3.8, 4) is 5.75 Å². The van der Waals surface area contributed by atoms with E-state index in [1.54, 1.807) is 0 Å². The highest BCUT2D eigenvalue weighted by Crippen LogP contribution is 2.16. The van der Waals surface area contributed by atoms with Crippen molar-refractivity contribution < 1.29 is 4.74 Å². The second-order valence-electron chi connectivity index (χ2n) is 4.29. The quantitative estimate of drug-likeness (QED) is 0.861. The van der Waals surface area contributed by atoms with E-state index in [-0.39, 0.29) is 0 Å². The maximum absolute atomic E-state index is 5.82. The Hall–Kier alpha value is -1.88. The van der Waals surface area contributed by atoms with Crippen molar-refractivity contribution in [2.24, 2.45) is 5.73 Å². The zero-order chi connectivity index (χ0) is 13.7. The molecule has 0 spiro atoms. The van der Waals surface area contributed by atoms with Gasteiger partial charge in [-0.15, -0.1) is 5.10 Å². The van der Waals surface area contributed by atoms with Crippen molar-refractivity contribution in [1.29, 1.82) is 0 Å². The van der Waals surface area contributed by atoms with Crippen LogP contribution in [-0.4, -0.2) is 15.0 Å². The topological polar surface area (TPSA) is 66.0 Å². The van der Waals surface area contributed by atoms with Crippen molar-refractivity contribution >= 4 is 0 Å². The van der Waals surface area contributed by atoms with Crippen molar-refractivity contribution in [1.82, 2.24) is 15.0 Å². The van der Waals surface area contributed by atoms with Crippen LogP contribution in [0.2, 0.25) is 0 Å². The summed E-state index contributed by atoms with van der Waals surface area (Å²) in [4.78, 5) is 0. The number of benzene rings is 1. The number of rotatable bonds is 6. The number of hydrogen-bond donors (Lipinski definition) is 1. The zero-order valence-corrected chi connectivity index (χ0v) is 11.5. The highest BCUT2D eigenvalue weighted by atomic mass is 16.5. The third kappa shape index (κ3) is 3.12. The second kappa shape index (κ2) is 6.33. The molecule has 2 N–H and O–H groups in total. The van der Waals surface area contributed by atoms with Crippen LogP contribution in [0.1, 0.15) is 30.8 Å². The molecule has 0 saturated carbocycles. The monoisotopic (exact) mass is 260 g/mol. The molecule has 0 saturated heterocycles. The van der Waals surface area contributed by atoms with Crippen LogP contribution in [0.4, 0.5) is 0 Å². The van der Waals surface area contributed by atoms with Crippen LogP contribution in [0.5, 0.6) is 5.75 Å². The minimum absolute atomic E-state index is 0.383. The molecule has 0 radical (unpaired) electrons. The van der Waals surface area contributed by atoms with Gasteiger partial charge in [0.1, 0.15) is 23.7 Å². The minimum atomic E-state index is 0.383. The molecule has 0 fully saturated rings. The van der Waals surface area contributed by atoms with Gasteiger partial charge in [0.25, 0.3) is 0 Å². The van der Waals surface area contributed by atoms with E-state index in [9.17, 15) is 0 Å². The number of nitrogens with zero attached hydrogens (tertiary/aromatic N) is 3. The third-order valence-corrected chi connectivity index (χ3v) is 3.09. The molecule has 1 aromatic heterocycles. The van der Waals surface area contributed by atoms with Crippen LogP contribution in [0, 0.1) is 0 Å². The van der Waals surface area contributed by atoms with Gasteiger partial charge in [-0.05, 0) is 31.0 Å². The number of nitrogens with two attached hydrogens (primary N) is 1. The Balaban J connectivity index is 2.11. The molecule has 19 heavy (non-hydrogen) atoms. The molecular formula is C14H20N4O. The van der Waals surface area contributed by atoms with Gasteiger partial charge in [-0.2, -0.15) is 0 Å². The summed E-state index contributed by atoms with van der Waals surface area (Å²) in [5, 5.41) is 8.12. The zero-order valence-electron chi connectivity index (χ0n) is 11.5. The first-order valence-corrected chi connectivity index (χ1v) is 6.61. The summed E-state index contributed by atoms with van der Waals surface area (Å²) in [5.41, 5.74) is 8.67. The minimum Gasteiger partial charge on any atom is -0.487 e. The van der Waals surface area contributed by atoms with E-state index in [4.69, 9.17) is 10.5 Å². The number of aryl methyl sites for hydroxylation is 2. The highest BCUT2D eigenvalue weighted by Gasteiger charge is 2.11. The molecule has 2 aromatic rings. The fourth-order valence-electron chi connectivity index (χ4n) is 1.95. The fraction of sp³-hybridized carbons (Fsp3) is 0.429. The average molecular weight is 260 g/mol. The van der Waals surface area contributed by atoms with E-state index in [0.717, 1.165) is 30.1 Å². The highest BCUT2D eigenvalue weighted by molar-refractivity contribution is 5.28. The smallest absolute Gasteiger partial charge is 0.132 e. The van der Waals surface area contributed by atoms with Crippen LogP contribution >= 0.6 is 0 Å². The van der Waals surface area contributed by atoms with E-state index in [2.05, 4.69) is 29.4 Å². The first kappa shape index (κ1) is 13.5. The lowest BCUT2D eigenvalue weighted by Gasteiger charge is -2.09. The van der Waals surface area contributed by atoms with E-state index in [1.165, 1.54) is 5.56 Å². The lowest BCUT2D eigenvalue weighted by Crippen LogP contribution is -2.10. The Morgan fingerprint density at radius 2 is 2.16 bits per heavy atom. The van der Waals surface area contributed by atoms with E-state index >= 15 is 0 Å². The van der Waals surface area contributed by atoms with Gasteiger partial charge >= 0.3 is 0 Å². The summed E-state index contributed by atoms with van der Waals surface area (Å²) >= 11 is 0. The van der Waals surface area contributed by atoms with Crippen LogP contribution in [0.25, 0.3) is 0 Å². The molecule has 2 rings (SSSR count). The molecule has 0 unspecified atom stereocenters. The Bertz CT molecular complexity index is 514. The maximum atomic E-state index is 5.82. The van der Waals surface area contributed by atoms with Gasteiger partial charge in [-0.3, -0.25) is 0 Å². The number of aromatic nitrogens is 3. The molecule has 0 aliphatic heterocycles. The largest absolute Gasteiger partial charge is 0.487 e. The van der Waals surface area contributed by atoms with Gasteiger partial charge in [-0.25, -0.2) is 4.68 Å². The second-order valence-corrected chi connectivity index (χ2v) is 4.29. The molecule has 5 heteroatoms. The Morgan fingerprint density at radius 3 is 2.84 bits per heavy atom. The van der Waals surface area contributed by atoms with Crippen LogP contribution in [-0.2, 0) is 26.1 Å². The molecule has 1 aromatic carbocycles. The standard InChI is InChI=1S/C14H20N4O/c1-3-11-6-5-7-12(8-11)19-10-14-13(9-15)16-17-18(14)4-2/h5-8H,3-4,9-10,15H2,1-2H3. The lowest BCUT2D eigenvalue weighted by molar-refractivity contribution is 0.291. The van der Waals surface area contributed by atoms with E-state index in [1.807, 2.05) is 23.7 Å². The van der Waals surface area contributed by atoms with Gasteiger partial charge in [0.2, 0.25) is 0 Å². The van der Waals surface area contributed by atoms with Crippen LogP contribution in [0.15, 0.2) is 24.3 Å². The fourth-order valence-corrected chi connectivity index (χ4v) is 1.95. The van der Waals surface area contributed by atoms with Gasteiger partial charge < -0.3 is 10.5 Å². The molecule has 0 aliphatic carbocycles. The third-order valence-electron chi connectivity index (χ3n) is 3.09. The van der Waals surface area contributed by atoms with Crippen molar-refractivity contribution in [2.45, 2.75) is 40.0 Å². The molecule has 0 bridgehead atoms. The van der Waals surface area contributed by atoms with Gasteiger partial charge in [0.05, 0.1) is 0 Å². The maximum Gasteiger partial charge on any atom is 0.132 e. The van der Waals surface area contributed by atoms with Crippen molar-refractivity contribution in [3.05, 3.63) is 41.2 Å². The predicted octanol–water partition coefficient (Wildman–Crippen LogP) is 1.90.